The van der Waals surface area contributed by atoms with Gasteiger partial charge in [0.05, 0.1) is 37.6 Å². The highest BCUT2D eigenvalue weighted by molar-refractivity contribution is 6.10. The van der Waals surface area contributed by atoms with Crippen LogP contribution >= 0.6 is 0 Å². The van der Waals surface area contributed by atoms with Gasteiger partial charge in [0.25, 0.3) is 5.91 Å². The maximum Gasteiger partial charge on any atom is 0.416 e. The number of likely N-dealkylation sites (tertiary alicyclic amines) is 1. The number of benzene rings is 1. The van der Waals surface area contributed by atoms with Gasteiger partial charge >= 0.3 is 12.2 Å². The number of amides is 4. The summed E-state index contributed by atoms with van der Waals surface area (Å²) in [7, 11) is 2.91. The monoisotopic (exact) mass is 477 g/mol. The number of nitrogens with zero attached hydrogens (tertiary/aromatic N) is 4. The summed E-state index contributed by atoms with van der Waals surface area (Å²) in [6, 6.07) is 7.20. The second kappa shape index (κ2) is 8.50. The van der Waals surface area contributed by atoms with Gasteiger partial charge in [0.1, 0.15) is 6.54 Å². The Hall–Kier alpha value is -3.83. The molecule has 12 heteroatoms. The number of anilines is 1. The van der Waals surface area contributed by atoms with E-state index in [9.17, 15) is 27.6 Å². The molecule has 34 heavy (non-hydrogen) atoms. The fourth-order valence-electron chi connectivity index (χ4n) is 4.17. The van der Waals surface area contributed by atoms with E-state index >= 15 is 0 Å². The number of carbonyl (C=O) groups is 3. The smallest absolute Gasteiger partial charge is 0.416 e. The highest BCUT2D eigenvalue weighted by Crippen LogP contribution is 2.37. The van der Waals surface area contributed by atoms with E-state index in [1.165, 1.54) is 47.2 Å². The zero-order valence-corrected chi connectivity index (χ0v) is 18.4. The van der Waals surface area contributed by atoms with Gasteiger partial charge in [0.2, 0.25) is 11.8 Å². The van der Waals surface area contributed by atoms with Crippen LogP contribution in [-0.4, -0.2) is 72.0 Å². The highest BCUT2D eigenvalue weighted by atomic mass is 19.4. The summed E-state index contributed by atoms with van der Waals surface area (Å²) in [4.78, 5) is 47.1. The number of methoxy groups -OCH3 is 1. The minimum Gasteiger partial charge on any atom is -0.481 e. The molecule has 4 rings (SSSR count). The van der Waals surface area contributed by atoms with Crippen molar-refractivity contribution in [2.24, 2.45) is 0 Å². The lowest BCUT2D eigenvalue weighted by Gasteiger charge is -2.57. The summed E-state index contributed by atoms with van der Waals surface area (Å²) in [6.45, 7) is -0.426. The third-order valence-corrected chi connectivity index (χ3v) is 6.02. The first kappa shape index (κ1) is 23.3. The molecule has 1 aromatic heterocycles. The minimum absolute atomic E-state index is 0.0437. The molecule has 2 saturated heterocycles. The van der Waals surface area contributed by atoms with Crippen LogP contribution in [0.3, 0.4) is 0 Å². The Bertz CT molecular complexity index is 1100. The fraction of sp³-hybridized carbons (Fsp3) is 0.364. The number of urea groups is 1. The van der Waals surface area contributed by atoms with Gasteiger partial charge in [-0.1, -0.05) is 12.1 Å². The molecule has 1 aromatic carbocycles. The lowest BCUT2D eigenvalue weighted by molar-refractivity contribution is -0.161. The normalized spacial score (nSPS) is 17.6. The van der Waals surface area contributed by atoms with Crippen molar-refractivity contribution in [2.75, 3.05) is 38.7 Å². The number of ether oxygens (including phenoxy) is 1. The van der Waals surface area contributed by atoms with Gasteiger partial charge in [0.15, 0.2) is 5.54 Å². The lowest BCUT2D eigenvalue weighted by atomic mass is 9.83. The number of aromatic nitrogens is 1. The summed E-state index contributed by atoms with van der Waals surface area (Å²) in [5.41, 5.74) is -1.32. The van der Waals surface area contributed by atoms with Crippen molar-refractivity contribution in [3.63, 3.8) is 0 Å². The van der Waals surface area contributed by atoms with Crippen LogP contribution in [-0.2, 0) is 22.3 Å². The van der Waals surface area contributed by atoms with E-state index < -0.39 is 35.1 Å². The Morgan fingerprint density at radius 2 is 1.82 bits per heavy atom. The Morgan fingerprint density at radius 1 is 1.15 bits per heavy atom. The molecule has 0 atom stereocenters. The Labute approximate surface area is 193 Å². The zero-order valence-electron chi connectivity index (χ0n) is 18.4. The third kappa shape index (κ3) is 3.99. The van der Waals surface area contributed by atoms with Crippen LogP contribution in [0.2, 0.25) is 0 Å². The molecular formula is C22H22F3N5O4. The molecule has 2 aromatic rings. The van der Waals surface area contributed by atoms with E-state index in [1.807, 2.05) is 0 Å². The molecule has 0 unspecified atom stereocenters. The van der Waals surface area contributed by atoms with Crippen molar-refractivity contribution in [2.45, 2.75) is 18.3 Å². The van der Waals surface area contributed by atoms with Gasteiger partial charge in [0, 0.05) is 19.7 Å². The largest absolute Gasteiger partial charge is 0.481 e. The average molecular weight is 477 g/mol. The number of hydrogen-bond donors (Lipinski definition) is 1. The number of pyridine rings is 1. The molecule has 180 valence electrons. The number of nitrogens with one attached hydrogen (secondary N) is 1. The first-order valence-corrected chi connectivity index (χ1v) is 10.3. The van der Waals surface area contributed by atoms with Crippen molar-refractivity contribution in [3.8, 4) is 5.88 Å². The number of piperazine rings is 1. The number of halogens is 3. The molecule has 0 saturated carbocycles. The maximum absolute atomic E-state index is 13.6. The molecule has 0 aliphatic carbocycles. The Balaban J connectivity index is 1.64. The molecule has 3 heterocycles. The van der Waals surface area contributed by atoms with E-state index in [1.54, 1.807) is 12.1 Å². The molecule has 2 aliphatic heterocycles. The van der Waals surface area contributed by atoms with Crippen LogP contribution in [0.5, 0.6) is 5.88 Å². The highest BCUT2D eigenvalue weighted by Gasteiger charge is 2.60. The summed E-state index contributed by atoms with van der Waals surface area (Å²) in [6.07, 6.45) is -3.07. The number of hydrogen-bond acceptors (Lipinski definition) is 5. The lowest BCUT2D eigenvalue weighted by Crippen LogP contribution is -2.81. The summed E-state index contributed by atoms with van der Waals surface area (Å²) in [5, 5.41) is 2.48. The van der Waals surface area contributed by atoms with Gasteiger partial charge in [-0.2, -0.15) is 13.2 Å². The fourth-order valence-corrected chi connectivity index (χ4v) is 4.17. The SMILES string of the molecule is CNC(=O)N1CC2(C1)C(=O)N(c1ccc(OC)nc1)CC(=O)N2Cc1ccc(C(F)(F)F)cc1. The number of rotatable bonds is 4. The predicted molar refractivity (Wildman–Crippen MR) is 114 cm³/mol. The number of carbonyl (C=O) groups excluding carboxylic acids is 3. The van der Waals surface area contributed by atoms with Crippen LogP contribution in [0, 0.1) is 0 Å². The van der Waals surface area contributed by atoms with Gasteiger partial charge in [-0.15, -0.1) is 0 Å². The van der Waals surface area contributed by atoms with Crippen molar-refractivity contribution >= 4 is 23.5 Å². The summed E-state index contributed by atoms with van der Waals surface area (Å²) in [5.74, 6) is -0.453. The van der Waals surface area contributed by atoms with E-state index in [-0.39, 0.29) is 26.2 Å². The summed E-state index contributed by atoms with van der Waals surface area (Å²) < 4.78 is 43.8. The molecular weight excluding hydrogens is 455 g/mol. The number of alkyl halides is 3. The van der Waals surface area contributed by atoms with Crippen molar-refractivity contribution < 1.29 is 32.3 Å². The average Bonchev–Trinajstić information content (AvgIpc) is 2.79. The van der Waals surface area contributed by atoms with Crippen LogP contribution in [0.1, 0.15) is 11.1 Å². The van der Waals surface area contributed by atoms with Crippen LogP contribution in [0.15, 0.2) is 42.6 Å². The van der Waals surface area contributed by atoms with Gasteiger partial charge in [-0.05, 0) is 23.8 Å². The molecule has 2 aliphatic rings. The summed E-state index contributed by atoms with van der Waals surface area (Å²) >= 11 is 0. The minimum atomic E-state index is -4.48. The third-order valence-electron chi connectivity index (χ3n) is 6.02. The second-order valence-electron chi connectivity index (χ2n) is 8.07. The molecule has 9 nitrogen and oxygen atoms in total. The van der Waals surface area contributed by atoms with Crippen molar-refractivity contribution in [1.29, 1.82) is 0 Å². The van der Waals surface area contributed by atoms with Crippen LogP contribution in [0.4, 0.5) is 23.7 Å². The molecule has 1 spiro atoms. The first-order chi connectivity index (χ1) is 16.1. The van der Waals surface area contributed by atoms with Crippen LogP contribution in [0.25, 0.3) is 0 Å². The molecule has 0 bridgehead atoms. The van der Waals surface area contributed by atoms with Crippen molar-refractivity contribution in [3.05, 3.63) is 53.7 Å². The zero-order chi connectivity index (χ0) is 24.7. The quantitative estimate of drug-likeness (QED) is 0.726. The first-order valence-electron chi connectivity index (χ1n) is 10.3. The van der Waals surface area contributed by atoms with Gasteiger partial charge < -0.3 is 19.9 Å². The molecule has 4 amide bonds. The molecule has 2 fully saturated rings. The van der Waals surface area contributed by atoms with E-state index in [4.69, 9.17) is 4.74 Å². The standard InChI is InChI=1S/C22H22F3N5O4/c1-26-20(33)28-12-21(13-28)19(32)29(16-7-8-17(34-2)27-9-16)11-18(31)30(21)10-14-3-5-15(6-4-14)22(23,24)25/h3-9H,10-13H2,1-2H3,(H,26,33). The van der Waals surface area contributed by atoms with Crippen molar-refractivity contribution in [1.82, 2.24) is 20.1 Å². The topological polar surface area (TPSA) is 95.1 Å². The van der Waals surface area contributed by atoms with Crippen LogP contribution < -0.4 is 15.0 Å². The second-order valence-corrected chi connectivity index (χ2v) is 8.07. The Kier molecular flexibility index (Phi) is 5.84. The van der Waals surface area contributed by atoms with Gasteiger partial charge in [-0.3, -0.25) is 14.5 Å². The van der Waals surface area contributed by atoms with E-state index in [0.717, 1.165) is 12.1 Å². The van der Waals surface area contributed by atoms with Gasteiger partial charge in [-0.25, -0.2) is 9.78 Å². The van der Waals surface area contributed by atoms with E-state index in [2.05, 4.69) is 10.3 Å². The maximum atomic E-state index is 13.6. The predicted octanol–water partition coefficient (Wildman–Crippen LogP) is 1.88. The van der Waals surface area contributed by atoms with E-state index in [0.29, 0.717) is 17.1 Å². The molecule has 0 radical (unpaired) electrons. The molecule has 1 N–H and O–H groups in total. The Morgan fingerprint density at radius 3 is 2.35 bits per heavy atom.